The van der Waals surface area contributed by atoms with Crippen LogP contribution in [-0.2, 0) is 11.2 Å². The molecule has 1 heterocycles. The first kappa shape index (κ1) is 16.9. The van der Waals surface area contributed by atoms with Crippen LogP contribution in [0.15, 0.2) is 48.5 Å². The van der Waals surface area contributed by atoms with Crippen LogP contribution in [0.2, 0.25) is 0 Å². The summed E-state index contributed by atoms with van der Waals surface area (Å²) in [5.74, 6) is 1.00. The van der Waals surface area contributed by atoms with Gasteiger partial charge in [-0.15, -0.1) is 11.8 Å². The van der Waals surface area contributed by atoms with Crippen molar-refractivity contribution in [1.82, 2.24) is 0 Å². The largest absolute Gasteiger partial charge is 0.395 e. The fourth-order valence-corrected chi connectivity index (χ4v) is 4.09. The van der Waals surface area contributed by atoms with Gasteiger partial charge in [0.1, 0.15) is 5.25 Å². The van der Waals surface area contributed by atoms with Crippen LogP contribution in [0.1, 0.15) is 16.4 Å². The van der Waals surface area contributed by atoms with Gasteiger partial charge in [-0.2, -0.15) is 0 Å². The molecule has 2 aromatic rings. The molecular weight excluding hydrogens is 320 g/mol. The van der Waals surface area contributed by atoms with Gasteiger partial charge in [0.15, 0.2) is 0 Å². The minimum Gasteiger partial charge on any atom is -0.395 e. The van der Waals surface area contributed by atoms with Crippen LogP contribution >= 0.6 is 11.8 Å². The maximum Gasteiger partial charge on any atom is 0.242 e. The Morgan fingerprint density at radius 2 is 2.00 bits per heavy atom. The van der Waals surface area contributed by atoms with E-state index < -0.39 is 0 Å². The Kier molecular flexibility index (Phi) is 5.43. The molecule has 0 fully saturated rings. The third kappa shape index (κ3) is 3.74. The predicted molar refractivity (Wildman–Crippen MR) is 101 cm³/mol. The number of anilines is 2. The van der Waals surface area contributed by atoms with Crippen LogP contribution in [-0.4, -0.2) is 37.0 Å². The summed E-state index contributed by atoms with van der Waals surface area (Å²) >= 11 is 1.70. The van der Waals surface area contributed by atoms with Crippen molar-refractivity contribution in [2.24, 2.45) is 0 Å². The number of rotatable bonds is 5. The molecular formula is C19H22N2O2S. The minimum absolute atomic E-state index is 0.0311. The molecule has 1 amide bonds. The molecule has 0 saturated heterocycles. The number of nitrogens with one attached hydrogen (secondary N) is 1. The predicted octanol–water partition coefficient (Wildman–Crippen LogP) is 3.08. The number of fused-ring (bicyclic) bond motifs is 1. The summed E-state index contributed by atoms with van der Waals surface area (Å²) in [4.78, 5) is 14.6. The number of nitrogens with zero attached hydrogens (tertiary/aromatic N) is 1. The van der Waals surface area contributed by atoms with Crippen LogP contribution in [0.3, 0.4) is 0 Å². The molecule has 0 radical (unpaired) electrons. The number of carbonyl (C=O) groups is 1. The van der Waals surface area contributed by atoms with Gasteiger partial charge >= 0.3 is 0 Å². The van der Waals surface area contributed by atoms with E-state index in [0.29, 0.717) is 6.54 Å². The Bertz CT molecular complexity index is 703. The molecule has 0 spiro atoms. The molecule has 126 valence electrons. The van der Waals surface area contributed by atoms with Gasteiger partial charge < -0.3 is 15.3 Å². The van der Waals surface area contributed by atoms with E-state index in [1.165, 1.54) is 5.56 Å². The zero-order chi connectivity index (χ0) is 16.9. The van der Waals surface area contributed by atoms with Crippen molar-refractivity contribution < 1.29 is 9.90 Å². The number of aliphatic hydroxyl groups excluding tert-OH is 1. The van der Waals surface area contributed by atoms with E-state index in [2.05, 4.69) is 17.4 Å². The van der Waals surface area contributed by atoms with E-state index in [0.717, 1.165) is 29.1 Å². The normalized spacial score (nSPS) is 16.3. The quantitative estimate of drug-likeness (QED) is 0.877. The molecule has 0 aliphatic carbocycles. The SMILES string of the molecule is CN(CCO)c1ccc(NC(=O)C2SCCc3ccccc32)cc1. The smallest absolute Gasteiger partial charge is 0.242 e. The number of amides is 1. The van der Waals surface area contributed by atoms with E-state index in [1.807, 2.05) is 48.3 Å². The van der Waals surface area contributed by atoms with Crippen LogP contribution in [0.5, 0.6) is 0 Å². The van der Waals surface area contributed by atoms with Gasteiger partial charge in [0.2, 0.25) is 5.91 Å². The molecule has 5 heteroatoms. The van der Waals surface area contributed by atoms with Crippen molar-refractivity contribution >= 4 is 29.0 Å². The van der Waals surface area contributed by atoms with Gasteiger partial charge in [-0.05, 0) is 47.6 Å². The topological polar surface area (TPSA) is 52.6 Å². The lowest BCUT2D eigenvalue weighted by Gasteiger charge is -2.24. The molecule has 1 unspecified atom stereocenters. The average Bonchev–Trinajstić information content (AvgIpc) is 2.62. The Labute approximate surface area is 146 Å². The van der Waals surface area contributed by atoms with E-state index in [1.54, 1.807) is 11.8 Å². The number of carbonyl (C=O) groups excluding carboxylic acids is 1. The van der Waals surface area contributed by atoms with Crippen molar-refractivity contribution in [3.05, 3.63) is 59.7 Å². The monoisotopic (exact) mass is 342 g/mol. The molecule has 2 aromatic carbocycles. The molecule has 3 rings (SSSR count). The lowest BCUT2D eigenvalue weighted by molar-refractivity contribution is -0.115. The second-order valence-electron chi connectivity index (χ2n) is 5.88. The molecule has 0 bridgehead atoms. The lowest BCUT2D eigenvalue weighted by atomic mass is 10.0. The Morgan fingerprint density at radius 1 is 1.25 bits per heavy atom. The van der Waals surface area contributed by atoms with Crippen molar-refractivity contribution in [2.75, 3.05) is 36.2 Å². The first-order chi connectivity index (χ1) is 11.7. The number of aliphatic hydroxyl groups is 1. The summed E-state index contributed by atoms with van der Waals surface area (Å²) in [6, 6.07) is 15.9. The summed E-state index contributed by atoms with van der Waals surface area (Å²) in [5, 5.41) is 11.9. The highest BCUT2D eigenvalue weighted by molar-refractivity contribution is 8.00. The fraction of sp³-hybridized carbons (Fsp3) is 0.316. The summed E-state index contributed by atoms with van der Waals surface area (Å²) < 4.78 is 0. The van der Waals surface area contributed by atoms with Gasteiger partial charge in [0, 0.05) is 25.0 Å². The fourth-order valence-electron chi connectivity index (χ4n) is 2.90. The van der Waals surface area contributed by atoms with Crippen molar-refractivity contribution in [2.45, 2.75) is 11.7 Å². The minimum atomic E-state index is -0.147. The Balaban J connectivity index is 1.69. The first-order valence-electron chi connectivity index (χ1n) is 8.11. The molecule has 0 aromatic heterocycles. The zero-order valence-corrected chi connectivity index (χ0v) is 14.6. The summed E-state index contributed by atoms with van der Waals surface area (Å²) in [6.07, 6.45) is 1.02. The number of aryl methyl sites for hydroxylation is 1. The van der Waals surface area contributed by atoms with Gasteiger partial charge in [-0.1, -0.05) is 24.3 Å². The first-order valence-corrected chi connectivity index (χ1v) is 9.16. The van der Waals surface area contributed by atoms with E-state index >= 15 is 0 Å². The maximum absolute atomic E-state index is 12.7. The van der Waals surface area contributed by atoms with Gasteiger partial charge in [-0.3, -0.25) is 4.79 Å². The Morgan fingerprint density at radius 3 is 2.75 bits per heavy atom. The van der Waals surface area contributed by atoms with Crippen LogP contribution in [0, 0.1) is 0 Å². The number of likely N-dealkylation sites (N-methyl/N-ethyl adjacent to an activating group) is 1. The van der Waals surface area contributed by atoms with Crippen molar-refractivity contribution in [1.29, 1.82) is 0 Å². The highest BCUT2D eigenvalue weighted by Gasteiger charge is 2.26. The summed E-state index contributed by atoms with van der Waals surface area (Å²) in [6.45, 7) is 0.703. The molecule has 1 aliphatic heterocycles. The average molecular weight is 342 g/mol. The van der Waals surface area contributed by atoms with Gasteiger partial charge in [0.05, 0.1) is 6.61 Å². The van der Waals surface area contributed by atoms with Crippen molar-refractivity contribution in [3.63, 3.8) is 0 Å². The molecule has 2 N–H and O–H groups in total. The second-order valence-corrected chi connectivity index (χ2v) is 7.09. The molecule has 1 aliphatic rings. The van der Waals surface area contributed by atoms with Crippen LogP contribution < -0.4 is 10.2 Å². The number of thioether (sulfide) groups is 1. The number of hydrogen-bond donors (Lipinski definition) is 2. The standard InChI is InChI=1S/C19H22N2O2S/c1-21(11-12-22)16-8-6-15(7-9-16)20-19(23)18-17-5-3-2-4-14(17)10-13-24-18/h2-9,18,22H,10-13H2,1H3,(H,20,23). The number of benzene rings is 2. The zero-order valence-electron chi connectivity index (χ0n) is 13.7. The summed E-state index contributed by atoms with van der Waals surface area (Å²) in [7, 11) is 1.93. The molecule has 1 atom stereocenters. The highest BCUT2D eigenvalue weighted by Crippen LogP contribution is 2.37. The third-order valence-electron chi connectivity index (χ3n) is 4.24. The molecule has 4 nitrogen and oxygen atoms in total. The lowest BCUT2D eigenvalue weighted by Crippen LogP contribution is -2.23. The summed E-state index contributed by atoms with van der Waals surface area (Å²) in [5.41, 5.74) is 4.21. The second kappa shape index (κ2) is 7.73. The van der Waals surface area contributed by atoms with Gasteiger partial charge in [0.25, 0.3) is 0 Å². The Hall–Kier alpha value is -1.98. The van der Waals surface area contributed by atoms with E-state index in [4.69, 9.17) is 5.11 Å². The van der Waals surface area contributed by atoms with E-state index in [9.17, 15) is 4.79 Å². The maximum atomic E-state index is 12.7. The number of hydrogen-bond acceptors (Lipinski definition) is 4. The van der Waals surface area contributed by atoms with Crippen LogP contribution in [0.25, 0.3) is 0 Å². The van der Waals surface area contributed by atoms with Gasteiger partial charge in [-0.25, -0.2) is 0 Å². The molecule has 24 heavy (non-hydrogen) atoms. The van der Waals surface area contributed by atoms with Crippen LogP contribution in [0.4, 0.5) is 11.4 Å². The van der Waals surface area contributed by atoms with E-state index in [-0.39, 0.29) is 17.8 Å². The highest BCUT2D eigenvalue weighted by atomic mass is 32.2. The molecule has 0 saturated carbocycles. The third-order valence-corrected chi connectivity index (χ3v) is 5.48. The van der Waals surface area contributed by atoms with Crippen molar-refractivity contribution in [3.8, 4) is 0 Å².